The van der Waals surface area contributed by atoms with E-state index in [1.165, 1.54) is 0 Å². The van der Waals surface area contributed by atoms with Gasteiger partial charge in [0.15, 0.2) is 6.20 Å². The van der Waals surface area contributed by atoms with Gasteiger partial charge in [0.25, 0.3) is 0 Å². The summed E-state index contributed by atoms with van der Waals surface area (Å²) in [5, 5.41) is 1.13. The lowest BCUT2D eigenvalue weighted by Crippen LogP contribution is -2.38. The Morgan fingerprint density at radius 2 is 1.73 bits per heavy atom. The lowest BCUT2D eigenvalue weighted by atomic mass is 10.1. The highest BCUT2D eigenvalue weighted by Gasteiger charge is 2.15. The molecule has 0 N–H and O–H groups in total. The van der Waals surface area contributed by atoms with E-state index in [-0.39, 0.29) is 5.78 Å². The normalized spacial score (nSPS) is 10.6. The number of carbonyl (C=O) groups excluding carboxylic acids is 1. The topological polar surface area (TPSA) is 30.2 Å². The third-order valence-corrected chi connectivity index (χ3v) is 3.59. The summed E-state index contributed by atoms with van der Waals surface area (Å²) in [6.07, 6.45) is 1.94. The summed E-state index contributed by atoms with van der Waals surface area (Å²) < 4.78 is 7.38. The number of para-hydroxylation sites is 1. The van der Waals surface area contributed by atoms with E-state index in [0.717, 1.165) is 16.7 Å². The van der Waals surface area contributed by atoms with E-state index in [4.69, 9.17) is 4.74 Å². The summed E-state index contributed by atoms with van der Waals surface area (Å²) >= 11 is 0. The summed E-state index contributed by atoms with van der Waals surface area (Å²) in [5.41, 5.74) is 1.76. The van der Waals surface area contributed by atoms with E-state index in [0.29, 0.717) is 18.7 Å². The molecule has 2 aromatic carbocycles. The number of hydrogen-bond donors (Lipinski definition) is 0. The van der Waals surface area contributed by atoms with Crippen LogP contribution in [0.25, 0.3) is 10.9 Å². The summed E-state index contributed by atoms with van der Waals surface area (Å²) in [6, 6.07) is 19.4. The van der Waals surface area contributed by atoms with Crippen molar-refractivity contribution in [1.82, 2.24) is 0 Å². The van der Waals surface area contributed by atoms with Crippen molar-refractivity contribution >= 4 is 16.7 Å². The van der Waals surface area contributed by atoms with Crippen LogP contribution in [-0.2, 0) is 6.54 Å². The first-order valence-electron chi connectivity index (χ1n) is 7.41. The first kappa shape index (κ1) is 14.3. The van der Waals surface area contributed by atoms with Gasteiger partial charge in [-0.2, -0.15) is 4.57 Å². The molecule has 3 heteroatoms. The van der Waals surface area contributed by atoms with Gasteiger partial charge in [0, 0.05) is 23.1 Å². The number of fused-ring (bicyclic) bond motifs is 1. The highest BCUT2D eigenvalue weighted by atomic mass is 16.5. The lowest BCUT2D eigenvalue weighted by Gasteiger charge is -2.04. The molecule has 1 heterocycles. The number of rotatable bonds is 5. The molecule has 3 aromatic rings. The minimum Gasteiger partial charge on any atom is -0.494 e. The van der Waals surface area contributed by atoms with E-state index in [1.807, 2.05) is 78.4 Å². The van der Waals surface area contributed by atoms with Crippen molar-refractivity contribution in [3.05, 3.63) is 72.4 Å². The Labute approximate surface area is 129 Å². The molecule has 22 heavy (non-hydrogen) atoms. The van der Waals surface area contributed by atoms with Gasteiger partial charge in [-0.3, -0.25) is 4.79 Å². The molecular formula is C19H18NO2+. The molecular weight excluding hydrogens is 274 g/mol. The van der Waals surface area contributed by atoms with Gasteiger partial charge in [-0.15, -0.1) is 0 Å². The van der Waals surface area contributed by atoms with Crippen molar-refractivity contribution in [2.75, 3.05) is 6.61 Å². The average Bonchev–Trinajstić information content (AvgIpc) is 2.56. The molecule has 0 unspecified atom stereocenters. The number of nitrogens with zero attached hydrogens (tertiary/aromatic N) is 1. The molecule has 0 saturated heterocycles. The molecule has 1 aromatic heterocycles. The first-order chi connectivity index (χ1) is 10.8. The molecule has 0 atom stereocenters. The fourth-order valence-corrected chi connectivity index (χ4v) is 2.51. The maximum atomic E-state index is 12.5. The molecule has 3 rings (SSSR count). The Kier molecular flexibility index (Phi) is 4.15. The molecule has 0 aliphatic carbocycles. The number of ketones is 1. The molecule has 0 spiro atoms. The van der Waals surface area contributed by atoms with Crippen LogP contribution in [0.1, 0.15) is 17.3 Å². The SMILES string of the molecule is CCOc1ccc(C(=O)C[n+]2cccc3ccccc32)cc1. The van der Waals surface area contributed by atoms with Gasteiger partial charge in [0.05, 0.1) is 6.61 Å². The summed E-state index contributed by atoms with van der Waals surface area (Å²) in [7, 11) is 0. The van der Waals surface area contributed by atoms with Crippen molar-refractivity contribution in [1.29, 1.82) is 0 Å². The minimum absolute atomic E-state index is 0.0874. The average molecular weight is 292 g/mol. The molecule has 0 aliphatic rings. The number of carbonyl (C=O) groups is 1. The fraction of sp³-hybridized carbons (Fsp3) is 0.158. The number of ether oxygens (including phenoxy) is 1. The fourth-order valence-electron chi connectivity index (χ4n) is 2.51. The van der Waals surface area contributed by atoms with Crippen LogP contribution in [0.3, 0.4) is 0 Å². The monoisotopic (exact) mass is 292 g/mol. The number of Topliss-reactive ketones (excluding diaryl/α,β-unsaturated/α-hetero) is 1. The zero-order valence-corrected chi connectivity index (χ0v) is 12.5. The van der Waals surface area contributed by atoms with Crippen LogP contribution in [0.5, 0.6) is 5.75 Å². The maximum Gasteiger partial charge on any atom is 0.227 e. The van der Waals surface area contributed by atoms with Crippen LogP contribution in [0.15, 0.2) is 66.9 Å². The lowest BCUT2D eigenvalue weighted by molar-refractivity contribution is -0.657. The molecule has 0 radical (unpaired) electrons. The second-order valence-corrected chi connectivity index (χ2v) is 5.08. The van der Waals surface area contributed by atoms with Crippen LogP contribution in [-0.4, -0.2) is 12.4 Å². The Balaban J connectivity index is 1.83. The van der Waals surface area contributed by atoms with E-state index in [1.54, 1.807) is 0 Å². The number of benzene rings is 2. The van der Waals surface area contributed by atoms with Crippen LogP contribution >= 0.6 is 0 Å². The van der Waals surface area contributed by atoms with Gasteiger partial charge in [-0.25, -0.2) is 0 Å². The molecule has 110 valence electrons. The van der Waals surface area contributed by atoms with Gasteiger partial charge >= 0.3 is 0 Å². The standard InChI is InChI=1S/C19H18NO2/c1-2-22-17-11-9-16(10-12-17)19(21)14-20-13-5-7-15-6-3-4-8-18(15)20/h3-13H,2,14H2,1H3/q+1. The van der Waals surface area contributed by atoms with Gasteiger partial charge in [-0.1, -0.05) is 12.1 Å². The van der Waals surface area contributed by atoms with Crippen LogP contribution in [0.4, 0.5) is 0 Å². The Bertz CT molecular complexity index is 789. The zero-order valence-electron chi connectivity index (χ0n) is 12.5. The van der Waals surface area contributed by atoms with Crippen LogP contribution in [0.2, 0.25) is 0 Å². The maximum absolute atomic E-state index is 12.5. The van der Waals surface area contributed by atoms with Gasteiger partial charge < -0.3 is 4.74 Å². The van der Waals surface area contributed by atoms with E-state index >= 15 is 0 Å². The smallest absolute Gasteiger partial charge is 0.227 e. The minimum atomic E-state index is 0.0874. The van der Waals surface area contributed by atoms with Gasteiger partial charge in [0.2, 0.25) is 17.8 Å². The third kappa shape index (κ3) is 2.98. The first-order valence-corrected chi connectivity index (χ1v) is 7.41. The highest BCUT2D eigenvalue weighted by Crippen LogP contribution is 2.13. The van der Waals surface area contributed by atoms with Crippen molar-refractivity contribution < 1.29 is 14.1 Å². The molecule has 0 amide bonds. The van der Waals surface area contributed by atoms with E-state index in [9.17, 15) is 4.79 Å². The Morgan fingerprint density at radius 1 is 1.00 bits per heavy atom. The Hall–Kier alpha value is -2.68. The van der Waals surface area contributed by atoms with Crippen molar-refractivity contribution in [2.24, 2.45) is 0 Å². The second kappa shape index (κ2) is 6.39. The molecule has 0 bridgehead atoms. The highest BCUT2D eigenvalue weighted by molar-refractivity contribution is 5.95. The van der Waals surface area contributed by atoms with E-state index in [2.05, 4.69) is 0 Å². The summed E-state index contributed by atoms with van der Waals surface area (Å²) in [5.74, 6) is 0.876. The summed E-state index contributed by atoms with van der Waals surface area (Å²) in [4.78, 5) is 12.5. The summed E-state index contributed by atoms with van der Waals surface area (Å²) in [6.45, 7) is 2.89. The molecule has 3 nitrogen and oxygen atoms in total. The largest absolute Gasteiger partial charge is 0.494 e. The van der Waals surface area contributed by atoms with Crippen LogP contribution < -0.4 is 9.30 Å². The number of aromatic nitrogens is 1. The number of pyridine rings is 1. The van der Waals surface area contributed by atoms with Gasteiger partial charge in [-0.05, 0) is 43.3 Å². The quantitative estimate of drug-likeness (QED) is 0.533. The second-order valence-electron chi connectivity index (χ2n) is 5.08. The van der Waals surface area contributed by atoms with Crippen molar-refractivity contribution in [2.45, 2.75) is 13.5 Å². The number of hydrogen-bond acceptors (Lipinski definition) is 2. The van der Waals surface area contributed by atoms with E-state index < -0.39 is 0 Å². The van der Waals surface area contributed by atoms with Gasteiger partial charge in [0.1, 0.15) is 5.75 Å². The molecule has 0 aliphatic heterocycles. The molecule has 0 fully saturated rings. The predicted octanol–water partition coefficient (Wildman–Crippen LogP) is 3.41. The predicted molar refractivity (Wildman–Crippen MR) is 86.1 cm³/mol. The van der Waals surface area contributed by atoms with Crippen LogP contribution in [0, 0.1) is 0 Å². The zero-order chi connectivity index (χ0) is 15.4. The third-order valence-electron chi connectivity index (χ3n) is 3.59. The molecule has 0 saturated carbocycles. The van der Waals surface area contributed by atoms with Crippen molar-refractivity contribution in [3.8, 4) is 5.75 Å². The van der Waals surface area contributed by atoms with Crippen molar-refractivity contribution in [3.63, 3.8) is 0 Å². The Morgan fingerprint density at radius 3 is 2.50 bits per heavy atom.